The van der Waals surface area contributed by atoms with Crippen LogP contribution in [0.3, 0.4) is 0 Å². The summed E-state index contributed by atoms with van der Waals surface area (Å²) in [6.07, 6.45) is 0. The molecule has 1 aliphatic rings. The van der Waals surface area contributed by atoms with Gasteiger partial charge in [-0.2, -0.15) is 5.26 Å². The van der Waals surface area contributed by atoms with E-state index in [4.69, 9.17) is 10.00 Å². The fraction of sp³-hybridized carbons (Fsp3) is 0.273. The van der Waals surface area contributed by atoms with Crippen LogP contribution >= 0.6 is 0 Å². The predicted molar refractivity (Wildman–Crippen MR) is 54.7 cm³/mol. The maximum absolute atomic E-state index is 11.5. The standard InChI is InChI=1S/C11H10N2O2/c1-2-13-9-5-8(6-12)3-4-10(9)15-7-11(13)14/h3-5H,2,7H2,1H3. The van der Waals surface area contributed by atoms with Crippen molar-refractivity contribution in [1.82, 2.24) is 0 Å². The third kappa shape index (κ3) is 1.52. The Morgan fingerprint density at radius 3 is 3.07 bits per heavy atom. The smallest absolute Gasteiger partial charge is 0.265 e. The Balaban J connectivity index is 2.51. The molecule has 1 amide bonds. The quantitative estimate of drug-likeness (QED) is 0.689. The third-order valence-electron chi connectivity index (χ3n) is 2.35. The van der Waals surface area contributed by atoms with Gasteiger partial charge in [0.2, 0.25) is 0 Å². The number of hydrogen-bond donors (Lipinski definition) is 0. The number of ether oxygens (including phenoxy) is 1. The summed E-state index contributed by atoms with van der Waals surface area (Å²) in [6, 6.07) is 7.13. The van der Waals surface area contributed by atoms with Crippen LogP contribution in [0.5, 0.6) is 5.75 Å². The van der Waals surface area contributed by atoms with Crippen molar-refractivity contribution in [3.8, 4) is 11.8 Å². The van der Waals surface area contributed by atoms with Gasteiger partial charge in [0.05, 0.1) is 17.3 Å². The Bertz CT molecular complexity index is 448. The van der Waals surface area contributed by atoms with Crippen LogP contribution in [0.2, 0.25) is 0 Å². The number of carbonyl (C=O) groups excluding carboxylic acids is 1. The normalized spacial score (nSPS) is 14.1. The number of fused-ring (bicyclic) bond motifs is 1. The van der Waals surface area contributed by atoms with E-state index in [-0.39, 0.29) is 12.5 Å². The van der Waals surface area contributed by atoms with Crippen molar-refractivity contribution >= 4 is 11.6 Å². The molecule has 4 nitrogen and oxygen atoms in total. The van der Waals surface area contributed by atoms with Gasteiger partial charge in [-0.1, -0.05) is 0 Å². The molecule has 0 N–H and O–H groups in total. The predicted octanol–water partition coefficient (Wildman–Crippen LogP) is 1.30. The van der Waals surface area contributed by atoms with Crippen LogP contribution in [0.25, 0.3) is 0 Å². The molecule has 0 radical (unpaired) electrons. The number of carbonyl (C=O) groups is 1. The molecule has 1 heterocycles. The molecule has 76 valence electrons. The maximum atomic E-state index is 11.5. The number of likely N-dealkylation sites (N-methyl/N-ethyl adjacent to an activating group) is 1. The number of anilines is 1. The minimum atomic E-state index is -0.0694. The minimum Gasteiger partial charge on any atom is -0.482 e. The van der Waals surface area contributed by atoms with Crippen molar-refractivity contribution in [3.63, 3.8) is 0 Å². The zero-order chi connectivity index (χ0) is 10.8. The molecule has 15 heavy (non-hydrogen) atoms. The van der Waals surface area contributed by atoms with Crippen molar-refractivity contribution in [3.05, 3.63) is 23.8 Å². The molecular formula is C11H10N2O2. The Labute approximate surface area is 87.7 Å². The second-order valence-electron chi connectivity index (χ2n) is 3.22. The lowest BCUT2D eigenvalue weighted by molar-refractivity contribution is -0.121. The summed E-state index contributed by atoms with van der Waals surface area (Å²) in [6.45, 7) is 2.56. The third-order valence-corrected chi connectivity index (χ3v) is 2.35. The fourth-order valence-corrected chi connectivity index (χ4v) is 1.62. The number of hydrogen-bond acceptors (Lipinski definition) is 3. The van der Waals surface area contributed by atoms with Gasteiger partial charge in [0.1, 0.15) is 5.75 Å². The molecule has 0 atom stereocenters. The van der Waals surface area contributed by atoms with E-state index in [1.165, 1.54) is 0 Å². The van der Waals surface area contributed by atoms with Gasteiger partial charge < -0.3 is 9.64 Å². The monoisotopic (exact) mass is 202 g/mol. The molecule has 1 aliphatic heterocycles. The molecule has 1 aromatic rings. The van der Waals surface area contributed by atoms with Gasteiger partial charge in [-0.25, -0.2) is 0 Å². The van der Waals surface area contributed by atoms with Crippen LogP contribution in [-0.4, -0.2) is 19.1 Å². The summed E-state index contributed by atoms with van der Waals surface area (Å²) in [7, 11) is 0. The zero-order valence-corrected chi connectivity index (χ0v) is 8.36. The first kappa shape index (κ1) is 9.53. The first-order valence-electron chi connectivity index (χ1n) is 4.73. The fourth-order valence-electron chi connectivity index (χ4n) is 1.62. The molecular weight excluding hydrogens is 192 g/mol. The Morgan fingerprint density at radius 2 is 2.40 bits per heavy atom. The molecule has 0 bridgehead atoms. The topological polar surface area (TPSA) is 53.3 Å². The van der Waals surface area contributed by atoms with Crippen LogP contribution in [0, 0.1) is 11.3 Å². The van der Waals surface area contributed by atoms with Gasteiger partial charge in [-0.05, 0) is 25.1 Å². The van der Waals surface area contributed by atoms with Gasteiger partial charge in [-0.3, -0.25) is 4.79 Å². The van der Waals surface area contributed by atoms with E-state index in [1.54, 1.807) is 23.1 Å². The largest absolute Gasteiger partial charge is 0.482 e. The summed E-state index contributed by atoms with van der Waals surface area (Å²) in [5, 5.41) is 8.77. The first-order valence-corrected chi connectivity index (χ1v) is 4.73. The van der Waals surface area contributed by atoms with Crippen molar-refractivity contribution < 1.29 is 9.53 Å². The highest BCUT2D eigenvalue weighted by molar-refractivity contribution is 5.97. The summed E-state index contributed by atoms with van der Waals surface area (Å²) < 4.78 is 5.27. The second-order valence-corrected chi connectivity index (χ2v) is 3.22. The molecule has 0 fully saturated rings. The van der Waals surface area contributed by atoms with E-state index in [0.717, 1.165) is 0 Å². The lowest BCUT2D eigenvalue weighted by Crippen LogP contribution is -2.38. The van der Waals surface area contributed by atoms with E-state index in [2.05, 4.69) is 0 Å². The Kier molecular flexibility index (Phi) is 2.30. The van der Waals surface area contributed by atoms with Crippen molar-refractivity contribution in [1.29, 1.82) is 5.26 Å². The van der Waals surface area contributed by atoms with Crippen LogP contribution in [0.1, 0.15) is 12.5 Å². The highest BCUT2D eigenvalue weighted by Gasteiger charge is 2.24. The molecule has 0 aromatic heterocycles. The molecule has 0 unspecified atom stereocenters. The van der Waals surface area contributed by atoms with E-state index in [0.29, 0.717) is 23.5 Å². The van der Waals surface area contributed by atoms with Gasteiger partial charge in [0.15, 0.2) is 6.61 Å². The average Bonchev–Trinajstić information content (AvgIpc) is 2.28. The highest BCUT2D eigenvalue weighted by atomic mass is 16.5. The molecule has 0 aliphatic carbocycles. The summed E-state index contributed by atoms with van der Waals surface area (Å²) in [5.74, 6) is 0.593. The number of benzene rings is 1. The lowest BCUT2D eigenvalue weighted by atomic mass is 10.1. The molecule has 0 saturated heterocycles. The van der Waals surface area contributed by atoms with Crippen LogP contribution in [-0.2, 0) is 4.79 Å². The number of rotatable bonds is 1. The van der Waals surface area contributed by atoms with E-state index in [1.807, 2.05) is 13.0 Å². The minimum absolute atomic E-state index is 0.0694. The van der Waals surface area contributed by atoms with Crippen molar-refractivity contribution in [2.45, 2.75) is 6.92 Å². The van der Waals surface area contributed by atoms with E-state index in [9.17, 15) is 4.79 Å². The summed E-state index contributed by atoms with van der Waals surface area (Å²) in [4.78, 5) is 13.1. The maximum Gasteiger partial charge on any atom is 0.265 e. The van der Waals surface area contributed by atoms with Crippen molar-refractivity contribution in [2.75, 3.05) is 18.1 Å². The first-order chi connectivity index (χ1) is 7.26. The Morgan fingerprint density at radius 1 is 1.60 bits per heavy atom. The Hall–Kier alpha value is -2.02. The van der Waals surface area contributed by atoms with Crippen LogP contribution in [0.15, 0.2) is 18.2 Å². The summed E-state index contributed by atoms with van der Waals surface area (Å²) >= 11 is 0. The lowest BCUT2D eigenvalue weighted by Gasteiger charge is -2.28. The van der Waals surface area contributed by atoms with E-state index >= 15 is 0 Å². The van der Waals surface area contributed by atoms with Crippen molar-refractivity contribution in [2.24, 2.45) is 0 Å². The summed E-state index contributed by atoms with van der Waals surface area (Å²) in [5.41, 5.74) is 1.22. The molecule has 1 aromatic carbocycles. The van der Waals surface area contributed by atoms with Crippen LogP contribution in [0.4, 0.5) is 5.69 Å². The van der Waals surface area contributed by atoms with Gasteiger partial charge in [0, 0.05) is 6.54 Å². The van der Waals surface area contributed by atoms with Gasteiger partial charge >= 0.3 is 0 Å². The average molecular weight is 202 g/mol. The number of nitrogens with zero attached hydrogens (tertiary/aromatic N) is 2. The molecule has 0 spiro atoms. The van der Waals surface area contributed by atoms with E-state index < -0.39 is 0 Å². The molecule has 0 saturated carbocycles. The second kappa shape index (κ2) is 3.62. The SMILES string of the molecule is CCN1C(=O)COc2ccc(C#N)cc21. The van der Waals surface area contributed by atoms with Gasteiger partial charge in [-0.15, -0.1) is 0 Å². The molecule has 2 rings (SSSR count). The number of nitriles is 1. The highest BCUT2D eigenvalue weighted by Crippen LogP contribution is 2.32. The van der Waals surface area contributed by atoms with Crippen LogP contribution < -0.4 is 9.64 Å². The van der Waals surface area contributed by atoms with Gasteiger partial charge in [0.25, 0.3) is 5.91 Å². The number of amides is 1. The molecule has 4 heteroatoms. The zero-order valence-electron chi connectivity index (χ0n) is 8.36.